The third-order valence-corrected chi connectivity index (χ3v) is 15.9. The fourth-order valence-electron chi connectivity index (χ4n) is 11.2. The first kappa shape index (κ1) is 43.3. The molecule has 0 bridgehead atoms. The van der Waals surface area contributed by atoms with Gasteiger partial charge in [0.15, 0.2) is 0 Å². The Morgan fingerprint density at radius 3 is 1.11 bits per heavy atom. The van der Waals surface area contributed by atoms with Crippen LogP contribution >= 0.6 is 11.3 Å². The number of hydrogen-bond acceptors (Lipinski definition) is 3. The molecule has 0 N–H and O–H groups in total. The van der Waals surface area contributed by atoms with Gasteiger partial charge in [0.05, 0.1) is 0 Å². The second-order valence-electron chi connectivity index (χ2n) is 19.3. The van der Waals surface area contributed by atoms with E-state index in [2.05, 4.69) is 291 Å². The van der Waals surface area contributed by atoms with Gasteiger partial charge in [0.25, 0.3) is 0 Å². The van der Waals surface area contributed by atoms with E-state index in [1.54, 1.807) is 0 Å². The minimum Gasteiger partial charge on any atom is -0.311 e. The summed E-state index contributed by atoms with van der Waals surface area (Å²) in [6.45, 7) is 4.80. The maximum absolute atomic E-state index is 2.40. The van der Waals surface area contributed by atoms with Gasteiger partial charge in [-0.1, -0.05) is 208 Å². The third-order valence-electron chi connectivity index (χ3n) is 14.7. The molecule has 72 heavy (non-hydrogen) atoms. The van der Waals surface area contributed by atoms with Crippen molar-refractivity contribution < 1.29 is 0 Å². The highest BCUT2D eigenvalue weighted by Crippen LogP contribution is 2.59. The maximum atomic E-state index is 2.40. The number of hydrogen-bond donors (Lipinski definition) is 0. The molecule has 1 aliphatic rings. The quantitative estimate of drug-likeness (QED) is 0.135. The van der Waals surface area contributed by atoms with Crippen molar-refractivity contribution in [3.05, 3.63) is 278 Å². The van der Waals surface area contributed by atoms with Gasteiger partial charge >= 0.3 is 0 Å². The van der Waals surface area contributed by atoms with Crippen molar-refractivity contribution in [1.29, 1.82) is 0 Å². The van der Waals surface area contributed by atoms with Crippen molar-refractivity contribution in [3.8, 4) is 54.3 Å². The molecular weight excluding hydrogens is 889 g/mol. The Bertz CT molecular complexity index is 3900. The van der Waals surface area contributed by atoms with Crippen molar-refractivity contribution >= 4 is 67.0 Å². The Morgan fingerprint density at radius 2 is 0.639 bits per heavy atom. The standard InChI is InChI=1S/C69H50N2S/c1-69(2)64-30-14-13-27-63(64)65-66(69)68(52-37-45-58(46-38-52)71(54-23-7-4-8-24-54)56-41-33-50(34-42-56)62-29-16-20-48-18-10-12-26-60(48)62)72-67(65)51-35-43-57(44-36-51)70(53-21-5-3-6-22-53)55-39-31-49(32-40-55)61-28-15-19-47-17-9-11-25-59(47)61/h3-46H,1-2H3. The lowest BCUT2D eigenvalue weighted by atomic mass is 9.81. The number of para-hydroxylation sites is 2. The topological polar surface area (TPSA) is 6.48 Å². The number of rotatable bonds is 10. The molecule has 0 fully saturated rings. The largest absolute Gasteiger partial charge is 0.311 e. The van der Waals surface area contributed by atoms with Gasteiger partial charge in [-0.2, -0.15) is 0 Å². The summed E-state index contributed by atoms with van der Waals surface area (Å²) in [5, 5.41) is 5.03. The summed E-state index contributed by atoms with van der Waals surface area (Å²) in [6.07, 6.45) is 0. The Morgan fingerprint density at radius 1 is 0.292 bits per heavy atom. The number of anilines is 6. The molecule has 0 saturated heterocycles. The Balaban J connectivity index is 0.864. The summed E-state index contributed by atoms with van der Waals surface area (Å²) in [6, 6.07) is 97.4. The van der Waals surface area contributed by atoms with Crippen molar-refractivity contribution in [2.45, 2.75) is 19.3 Å². The number of benzene rings is 11. The SMILES string of the molecule is CC1(C)c2ccccc2-c2c(-c3ccc(N(c4ccccc4)c4ccc(-c5cccc6ccccc56)cc4)cc3)sc(-c3ccc(N(c4ccccc4)c4ccc(-c5cccc6ccccc56)cc4)cc3)c21. The van der Waals surface area contributed by atoms with Gasteiger partial charge < -0.3 is 9.80 Å². The van der Waals surface area contributed by atoms with Crippen molar-refractivity contribution in [3.63, 3.8) is 0 Å². The predicted octanol–water partition coefficient (Wildman–Crippen LogP) is 20.0. The summed E-state index contributed by atoms with van der Waals surface area (Å²) in [4.78, 5) is 7.34. The van der Waals surface area contributed by atoms with E-state index in [0.717, 1.165) is 34.1 Å². The van der Waals surface area contributed by atoms with E-state index in [1.165, 1.54) is 86.9 Å². The highest BCUT2D eigenvalue weighted by Gasteiger charge is 2.41. The molecular formula is C69H50N2S. The molecule has 0 radical (unpaired) electrons. The zero-order chi connectivity index (χ0) is 48.2. The lowest BCUT2D eigenvalue weighted by Gasteiger charge is -2.26. The number of nitrogens with zero attached hydrogens (tertiary/aromatic N) is 2. The first-order valence-electron chi connectivity index (χ1n) is 24.8. The lowest BCUT2D eigenvalue weighted by Crippen LogP contribution is -2.15. The predicted molar refractivity (Wildman–Crippen MR) is 308 cm³/mol. The van der Waals surface area contributed by atoms with Crippen LogP contribution in [-0.4, -0.2) is 0 Å². The van der Waals surface area contributed by atoms with Crippen LogP contribution < -0.4 is 9.80 Å². The molecule has 0 atom stereocenters. The highest BCUT2D eigenvalue weighted by molar-refractivity contribution is 7.19. The molecule has 11 aromatic carbocycles. The van der Waals surface area contributed by atoms with E-state index in [1.807, 2.05) is 11.3 Å². The van der Waals surface area contributed by atoms with Crippen LogP contribution in [-0.2, 0) is 5.41 Å². The zero-order valence-electron chi connectivity index (χ0n) is 40.2. The molecule has 13 rings (SSSR count). The average Bonchev–Trinajstić information content (AvgIpc) is 3.96. The molecule has 0 spiro atoms. The van der Waals surface area contributed by atoms with Crippen LogP contribution in [0.3, 0.4) is 0 Å². The molecule has 342 valence electrons. The molecule has 0 unspecified atom stereocenters. The summed E-state index contributed by atoms with van der Waals surface area (Å²) in [5.74, 6) is 0. The molecule has 0 saturated carbocycles. The number of thiophene rings is 1. The average molecular weight is 939 g/mol. The normalized spacial score (nSPS) is 12.4. The summed E-state index contributed by atoms with van der Waals surface area (Å²) in [5.41, 5.74) is 19.3. The van der Waals surface area contributed by atoms with E-state index in [0.29, 0.717) is 0 Å². The monoisotopic (exact) mass is 938 g/mol. The fraction of sp³-hybridized carbons (Fsp3) is 0.0435. The van der Waals surface area contributed by atoms with E-state index in [4.69, 9.17) is 0 Å². The van der Waals surface area contributed by atoms with Gasteiger partial charge in [0.2, 0.25) is 0 Å². The van der Waals surface area contributed by atoms with E-state index in [-0.39, 0.29) is 5.41 Å². The molecule has 2 nitrogen and oxygen atoms in total. The van der Waals surface area contributed by atoms with Crippen molar-refractivity contribution in [2.24, 2.45) is 0 Å². The molecule has 0 aliphatic heterocycles. The second-order valence-corrected chi connectivity index (χ2v) is 20.3. The van der Waals surface area contributed by atoms with Gasteiger partial charge in [-0.25, -0.2) is 0 Å². The van der Waals surface area contributed by atoms with Gasteiger partial charge in [-0.3, -0.25) is 0 Å². The van der Waals surface area contributed by atoms with Gasteiger partial charge in [-0.05, 0) is 144 Å². The van der Waals surface area contributed by atoms with Crippen LogP contribution in [0.2, 0.25) is 0 Å². The Labute approximate surface area is 426 Å². The summed E-state index contributed by atoms with van der Waals surface area (Å²) < 4.78 is 0. The zero-order valence-corrected chi connectivity index (χ0v) is 41.0. The lowest BCUT2D eigenvalue weighted by molar-refractivity contribution is 0.664. The Kier molecular flexibility index (Phi) is 10.7. The molecule has 1 aliphatic carbocycles. The highest BCUT2D eigenvalue weighted by atomic mass is 32.1. The van der Waals surface area contributed by atoms with Crippen LogP contribution in [0.1, 0.15) is 25.0 Å². The van der Waals surface area contributed by atoms with Gasteiger partial charge in [0, 0.05) is 54.9 Å². The van der Waals surface area contributed by atoms with Crippen LogP contribution in [0, 0.1) is 0 Å². The van der Waals surface area contributed by atoms with Crippen molar-refractivity contribution in [2.75, 3.05) is 9.80 Å². The van der Waals surface area contributed by atoms with E-state index >= 15 is 0 Å². The van der Waals surface area contributed by atoms with Crippen molar-refractivity contribution in [1.82, 2.24) is 0 Å². The van der Waals surface area contributed by atoms with Gasteiger partial charge in [0.1, 0.15) is 0 Å². The molecule has 1 aromatic heterocycles. The minimum atomic E-state index is -0.182. The first-order chi connectivity index (χ1) is 35.5. The number of fused-ring (bicyclic) bond motifs is 5. The van der Waals surface area contributed by atoms with Crippen LogP contribution in [0.25, 0.3) is 75.8 Å². The van der Waals surface area contributed by atoms with Crippen LogP contribution in [0.5, 0.6) is 0 Å². The fourth-order valence-corrected chi connectivity index (χ4v) is 12.7. The third kappa shape index (κ3) is 7.49. The molecule has 0 amide bonds. The molecule has 12 aromatic rings. The maximum Gasteiger partial charge on any atom is 0.0462 e. The minimum absolute atomic E-state index is 0.182. The molecule has 3 heteroatoms. The van der Waals surface area contributed by atoms with E-state index in [9.17, 15) is 0 Å². The van der Waals surface area contributed by atoms with E-state index < -0.39 is 0 Å². The molecule has 1 heterocycles. The Hall–Kier alpha value is -8.76. The summed E-state index contributed by atoms with van der Waals surface area (Å²) >= 11 is 1.92. The first-order valence-corrected chi connectivity index (χ1v) is 25.6. The van der Waals surface area contributed by atoms with Gasteiger partial charge in [-0.15, -0.1) is 11.3 Å². The smallest absolute Gasteiger partial charge is 0.0462 e. The van der Waals surface area contributed by atoms with Crippen LogP contribution in [0.15, 0.2) is 267 Å². The summed E-state index contributed by atoms with van der Waals surface area (Å²) in [7, 11) is 0. The van der Waals surface area contributed by atoms with Crippen LogP contribution in [0.4, 0.5) is 34.1 Å². The second kappa shape index (κ2) is 17.9.